The van der Waals surface area contributed by atoms with Crippen molar-refractivity contribution in [2.24, 2.45) is 10.7 Å². The van der Waals surface area contributed by atoms with Gasteiger partial charge in [-0.15, -0.1) is 0 Å². The zero-order valence-corrected chi connectivity index (χ0v) is 15.2. The molecule has 1 fully saturated rings. The average Bonchev–Trinajstić information content (AvgIpc) is 3.39. The Morgan fingerprint density at radius 3 is 2.67 bits per heavy atom. The number of anilines is 1. The number of aliphatic imine (C=N–C) groups is 1. The zero-order valence-electron chi connectivity index (χ0n) is 15.2. The Morgan fingerprint density at radius 1 is 1.33 bits per heavy atom. The molecule has 1 saturated carbocycles. The highest BCUT2D eigenvalue weighted by atomic mass is 16.5. The molecule has 134 valence electrons. The minimum atomic E-state index is 0.374. The molecule has 1 aromatic carbocycles. The van der Waals surface area contributed by atoms with Crippen LogP contribution >= 0.6 is 0 Å². The number of benzene rings is 1. The van der Waals surface area contributed by atoms with Crippen LogP contribution in [0.3, 0.4) is 0 Å². The Kier molecular flexibility index (Phi) is 6.73. The quantitative estimate of drug-likeness (QED) is 0.537. The van der Waals surface area contributed by atoms with Crippen LogP contribution in [0, 0.1) is 0 Å². The summed E-state index contributed by atoms with van der Waals surface area (Å²) in [5, 5.41) is 3.14. The lowest BCUT2D eigenvalue weighted by Crippen LogP contribution is -2.34. The predicted octanol–water partition coefficient (Wildman–Crippen LogP) is 2.69. The van der Waals surface area contributed by atoms with Gasteiger partial charge in [0.25, 0.3) is 0 Å². The van der Waals surface area contributed by atoms with Crippen LogP contribution in [-0.2, 0) is 0 Å². The molecule has 1 aromatic rings. The maximum atomic E-state index is 6.06. The number of hydrogen-bond donors (Lipinski definition) is 2. The Labute approximate surface area is 145 Å². The van der Waals surface area contributed by atoms with Crippen LogP contribution in [0.15, 0.2) is 23.2 Å². The van der Waals surface area contributed by atoms with Crippen molar-refractivity contribution < 1.29 is 9.47 Å². The van der Waals surface area contributed by atoms with Crippen molar-refractivity contribution in [1.82, 2.24) is 4.90 Å². The number of nitrogens with one attached hydrogen (secondary N) is 1. The first kappa shape index (κ1) is 18.4. The van der Waals surface area contributed by atoms with Crippen LogP contribution < -0.4 is 20.5 Å². The van der Waals surface area contributed by atoms with Crippen molar-refractivity contribution in [2.45, 2.75) is 45.7 Å². The fraction of sp³-hybridized carbons (Fsp3) is 0.611. The van der Waals surface area contributed by atoms with E-state index in [1.807, 2.05) is 32.0 Å². The van der Waals surface area contributed by atoms with Crippen LogP contribution in [0.25, 0.3) is 0 Å². The molecule has 24 heavy (non-hydrogen) atoms. The minimum Gasteiger partial charge on any atom is -0.494 e. The van der Waals surface area contributed by atoms with Crippen molar-refractivity contribution in [2.75, 3.05) is 32.1 Å². The van der Waals surface area contributed by atoms with Gasteiger partial charge in [-0.25, -0.2) is 0 Å². The van der Waals surface area contributed by atoms with Gasteiger partial charge in [-0.2, -0.15) is 0 Å². The summed E-state index contributed by atoms with van der Waals surface area (Å²) in [4.78, 5) is 6.85. The van der Waals surface area contributed by atoms with E-state index in [1.54, 1.807) is 0 Å². The third kappa shape index (κ3) is 5.30. The Balaban J connectivity index is 2.01. The summed E-state index contributed by atoms with van der Waals surface area (Å²) in [6.45, 7) is 7.95. The van der Waals surface area contributed by atoms with Gasteiger partial charge in [0.2, 0.25) is 0 Å². The number of nitrogens with zero attached hydrogens (tertiary/aromatic N) is 2. The molecule has 1 atom stereocenters. The SMILES string of the molecule is CCOc1ccc(OCC)c(NC(N)=NCC(C)N(C)C2CC2)c1. The topological polar surface area (TPSA) is 72.1 Å². The molecular formula is C18H30N4O2. The predicted molar refractivity (Wildman–Crippen MR) is 99.1 cm³/mol. The Hall–Kier alpha value is -1.95. The molecule has 0 amide bonds. The maximum Gasteiger partial charge on any atom is 0.193 e. The van der Waals surface area contributed by atoms with E-state index >= 15 is 0 Å². The monoisotopic (exact) mass is 334 g/mol. The smallest absolute Gasteiger partial charge is 0.193 e. The molecule has 1 aliphatic carbocycles. The molecule has 0 radical (unpaired) electrons. The second-order valence-corrected chi connectivity index (χ2v) is 6.12. The third-order valence-electron chi connectivity index (χ3n) is 4.17. The van der Waals surface area contributed by atoms with E-state index in [1.165, 1.54) is 12.8 Å². The molecule has 0 spiro atoms. The molecule has 6 heteroatoms. The highest BCUT2D eigenvalue weighted by Gasteiger charge is 2.28. The van der Waals surface area contributed by atoms with Crippen LogP contribution in [-0.4, -0.2) is 49.7 Å². The molecule has 6 nitrogen and oxygen atoms in total. The van der Waals surface area contributed by atoms with Crippen molar-refractivity contribution >= 4 is 11.6 Å². The number of guanidine groups is 1. The summed E-state index contributed by atoms with van der Waals surface area (Å²) in [6, 6.07) is 6.75. The van der Waals surface area contributed by atoms with Gasteiger partial charge in [0.1, 0.15) is 11.5 Å². The molecule has 0 aliphatic heterocycles. The van der Waals surface area contributed by atoms with E-state index in [2.05, 4.69) is 29.2 Å². The van der Waals surface area contributed by atoms with Crippen LogP contribution in [0.1, 0.15) is 33.6 Å². The second-order valence-electron chi connectivity index (χ2n) is 6.12. The Morgan fingerprint density at radius 2 is 2.04 bits per heavy atom. The van der Waals surface area contributed by atoms with E-state index < -0.39 is 0 Å². The number of nitrogens with two attached hydrogens (primary N) is 1. The number of likely N-dealkylation sites (N-methyl/N-ethyl adjacent to an activating group) is 1. The van der Waals surface area contributed by atoms with Crippen molar-refractivity contribution in [3.8, 4) is 11.5 Å². The zero-order chi connectivity index (χ0) is 17.5. The Bertz CT molecular complexity index is 558. The summed E-state index contributed by atoms with van der Waals surface area (Å²) in [7, 11) is 2.15. The molecule has 1 unspecified atom stereocenters. The van der Waals surface area contributed by atoms with E-state index in [0.29, 0.717) is 31.8 Å². The van der Waals surface area contributed by atoms with Gasteiger partial charge in [-0.1, -0.05) is 0 Å². The molecule has 0 aromatic heterocycles. The normalized spacial score (nSPS) is 16.1. The third-order valence-corrected chi connectivity index (χ3v) is 4.17. The van der Waals surface area contributed by atoms with Gasteiger partial charge in [-0.05, 0) is 52.8 Å². The molecule has 0 bridgehead atoms. The largest absolute Gasteiger partial charge is 0.494 e. The number of hydrogen-bond acceptors (Lipinski definition) is 4. The molecule has 3 N–H and O–H groups in total. The van der Waals surface area contributed by atoms with E-state index in [-0.39, 0.29) is 0 Å². The fourth-order valence-corrected chi connectivity index (χ4v) is 2.52. The van der Waals surface area contributed by atoms with Gasteiger partial charge in [0.05, 0.1) is 25.4 Å². The summed E-state index contributed by atoms with van der Waals surface area (Å²) in [5.74, 6) is 1.90. The highest BCUT2D eigenvalue weighted by Crippen LogP contribution is 2.29. The summed E-state index contributed by atoms with van der Waals surface area (Å²) >= 11 is 0. The van der Waals surface area contributed by atoms with E-state index in [0.717, 1.165) is 23.2 Å². The van der Waals surface area contributed by atoms with Gasteiger partial charge in [-0.3, -0.25) is 9.89 Å². The van der Waals surface area contributed by atoms with Crippen molar-refractivity contribution in [3.05, 3.63) is 18.2 Å². The first-order valence-corrected chi connectivity index (χ1v) is 8.73. The summed E-state index contributed by atoms with van der Waals surface area (Å²) in [5.41, 5.74) is 6.83. The summed E-state index contributed by atoms with van der Waals surface area (Å²) < 4.78 is 11.2. The van der Waals surface area contributed by atoms with Crippen LogP contribution in [0.5, 0.6) is 11.5 Å². The molecule has 0 saturated heterocycles. The lowest BCUT2D eigenvalue weighted by Gasteiger charge is -2.23. The van der Waals surface area contributed by atoms with Gasteiger partial charge >= 0.3 is 0 Å². The van der Waals surface area contributed by atoms with Gasteiger partial charge < -0.3 is 20.5 Å². The van der Waals surface area contributed by atoms with Crippen molar-refractivity contribution in [1.29, 1.82) is 0 Å². The molecule has 1 aliphatic rings. The minimum absolute atomic E-state index is 0.374. The lowest BCUT2D eigenvalue weighted by atomic mass is 10.2. The fourth-order valence-electron chi connectivity index (χ4n) is 2.52. The first-order chi connectivity index (χ1) is 11.5. The molecular weight excluding hydrogens is 304 g/mol. The molecule has 2 rings (SSSR count). The number of rotatable bonds is 9. The lowest BCUT2D eigenvalue weighted by molar-refractivity contribution is 0.253. The molecule has 0 heterocycles. The average molecular weight is 334 g/mol. The van der Waals surface area contributed by atoms with Crippen molar-refractivity contribution in [3.63, 3.8) is 0 Å². The van der Waals surface area contributed by atoms with Gasteiger partial charge in [0.15, 0.2) is 5.96 Å². The van der Waals surface area contributed by atoms with E-state index in [9.17, 15) is 0 Å². The standard InChI is InChI=1S/C18H30N4O2/c1-5-23-15-9-10-17(24-6-2)16(11-15)21-18(19)20-12-13(3)22(4)14-7-8-14/h9-11,13-14H,5-8,12H2,1-4H3,(H3,19,20,21). The second kappa shape index (κ2) is 8.78. The highest BCUT2D eigenvalue weighted by molar-refractivity contribution is 5.94. The number of ether oxygens (including phenoxy) is 2. The van der Waals surface area contributed by atoms with Crippen LogP contribution in [0.2, 0.25) is 0 Å². The van der Waals surface area contributed by atoms with E-state index in [4.69, 9.17) is 15.2 Å². The summed E-state index contributed by atoms with van der Waals surface area (Å²) in [6.07, 6.45) is 2.58. The maximum absolute atomic E-state index is 6.06. The van der Waals surface area contributed by atoms with Crippen LogP contribution in [0.4, 0.5) is 5.69 Å². The van der Waals surface area contributed by atoms with Gasteiger partial charge in [0, 0.05) is 18.2 Å². The first-order valence-electron chi connectivity index (χ1n) is 8.73.